The highest BCUT2D eigenvalue weighted by Crippen LogP contribution is 2.25. The summed E-state index contributed by atoms with van der Waals surface area (Å²) in [5, 5.41) is 5.97. The average Bonchev–Trinajstić information content (AvgIpc) is 2.97. The Labute approximate surface area is 146 Å². The third-order valence-corrected chi connectivity index (χ3v) is 4.56. The molecule has 0 saturated carbocycles. The van der Waals surface area contributed by atoms with Crippen molar-refractivity contribution < 1.29 is 4.79 Å². The second kappa shape index (κ2) is 6.58. The van der Waals surface area contributed by atoms with Crippen molar-refractivity contribution in [1.82, 2.24) is 4.98 Å². The number of aromatic nitrogens is 1. The van der Waals surface area contributed by atoms with Crippen LogP contribution in [0.15, 0.2) is 47.8 Å². The number of rotatable bonds is 3. The van der Waals surface area contributed by atoms with E-state index in [1.54, 1.807) is 24.3 Å². The van der Waals surface area contributed by atoms with E-state index in [0.29, 0.717) is 26.4 Å². The SMILES string of the molecule is Nc1nc(-c2ccc(NC(=O)c3ccc(Cl)c(Cl)c3)cc2)cs1. The maximum absolute atomic E-state index is 12.2. The number of nitrogen functional groups attached to an aromatic ring is 1. The molecular formula is C16H11Cl2N3OS. The molecule has 3 aromatic rings. The van der Waals surface area contributed by atoms with Gasteiger partial charge in [-0.25, -0.2) is 4.98 Å². The lowest BCUT2D eigenvalue weighted by molar-refractivity contribution is 0.102. The largest absolute Gasteiger partial charge is 0.375 e. The fourth-order valence-electron chi connectivity index (χ4n) is 1.99. The molecule has 1 aromatic heterocycles. The number of thiazole rings is 1. The van der Waals surface area contributed by atoms with Crippen molar-refractivity contribution >= 4 is 51.3 Å². The summed E-state index contributed by atoms with van der Waals surface area (Å²) in [6.07, 6.45) is 0. The number of carbonyl (C=O) groups is 1. The lowest BCUT2D eigenvalue weighted by Gasteiger charge is -2.07. The second-order valence-electron chi connectivity index (χ2n) is 4.73. The van der Waals surface area contributed by atoms with Crippen LogP contribution in [0.1, 0.15) is 10.4 Å². The molecule has 0 fully saturated rings. The minimum Gasteiger partial charge on any atom is -0.375 e. The molecule has 23 heavy (non-hydrogen) atoms. The molecule has 1 heterocycles. The third-order valence-electron chi connectivity index (χ3n) is 3.14. The second-order valence-corrected chi connectivity index (χ2v) is 6.44. The van der Waals surface area contributed by atoms with Gasteiger partial charge in [-0.3, -0.25) is 4.79 Å². The molecule has 2 aromatic carbocycles. The molecule has 7 heteroatoms. The normalized spacial score (nSPS) is 10.5. The van der Waals surface area contributed by atoms with E-state index in [0.717, 1.165) is 11.3 Å². The summed E-state index contributed by atoms with van der Waals surface area (Å²) in [7, 11) is 0. The molecule has 3 N–H and O–H groups in total. The number of hydrogen-bond acceptors (Lipinski definition) is 4. The highest BCUT2D eigenvalue weighted by Gasteiger charge is 2.09. The predicted octanol–water partition coefficient (Wildman–Crippen LogP) is 4.95. The molecule has 0 aliphatic heterocycles. The van der Waals surface area contributed by atoms with Gasteiger partial charge in [-0.1, -0.05) is 35.3 Å². The Bertz CT molecular complexity index is 862. The van der Waals surface area contributed by atoms with Gasteiger partial charge in [0.15, 0.2) is 5.13 Å². The third kappa shape index (κ3) is 3.64. The molecule has 0 aliphatic rings. The van der Waals surface area contributed by atoms with Gasteiger partial charge in [0.2, 0.25) is 0 Å². The molecule has 0 bridgehead atoms. The van der Waals surface area contributed by atoms with E-state index >= 15 is 0 Å². The van der Waals surface area contributed by atoms with E-state index in [-0.39, 0.29) is 5.91 Å². The number of benzene rings is 2. The minimum atomic E-state index is -0.255. The molecule has 0 unspecified atom stereocenters. The molecule has 0 atom stereocenters. The van der Waals surface area contributed by atoms with Crippen LogP contribution >= 0.6 is 34.5 Å². The van der Waals surface area contributed by atoms with E-state index in [9.17, 15) is 4.79 Å². The monoisotopic (exact) mass is 363 g/mol. The Morgan fingerprint density at radius 1 is 1.09 bits per heavy atom. The van der Waals surface area contributed by atoms with Gasteiger partial charge in [0.1, 0.15) is 0 Å². The summed E-state index contributed by atoms with van der Waals surface area (Å²) in [6, 6.07) is 12.1. The number of amides is 1. The van der Waals surface area contributed by atoms with Crippen LogP contribution in [0.3, 0.4) is 0 Å². The van der Waals surface area contributed by atoms with Gasteiger partial charge >= 0.3 is 0 Å². The molecule has 0 radical (unpaired) electrons. The Morgan fingerprint density at radius 3 is 2.43 bits per heavy atom. The quantitative estimate of drug-likeness (QED) is 0.691. The van der Waals surface area contributed by atoms with Gasteiger partial charge in [0.25, 0.3) is 5.91 Å². The maximum Gasteiger partial charge on any atom is 0.255 e. The molecular weight excluding hydrogens is 353 g/mol. The van der Waals surface area contributed by atoms with Crippen LogP contribution in [0.5, 0.6) is 0 Å². The first-order valence-corrected chi connectivity index (χ1v) is 8.24. The first-order valence-electron chi connectivity index (χ1n) is 6.61. The summed E-state index contributed by atoms with van der Waals surface area (Å²) in [6.45, 7) is 0. The van der Waals surface area contributed by atoms with Crippen molar-refractivity contribution in [2.45, 2.75) is 0 Å². The predicted molar refractivity (Wildman–Crippen MR) is 96.4 cm³/mol. The Kier molecular flexibility index (Phi) is 4.52. The maximum atomic E-state index is 12.2. The average molecular weight is 364 g/mol. The van der Waals surface area contributed by atoms with Crippen molar-refractivity contribution in [3.63, 3.8) is 0 Å². The van der Waals surface area contributed by atoms with Gasteiger partial charge in [-0.15, -0.1) is 11.3 Å². The fourth-order valence-corrected chi connectivity index (χ4v) is 2.86. The van der Waals surface area contributed by atoms with Crippen molar-refractivity contribution in [2.75, 3.05) is 11.1 Å². The number of carbonyl (C=O) groups excluding carboxylic acids is 1. The lowest BCUT2D eigenvalue weighted by atomic mass is 10.1. The number of nitrogens with zero attached hydrogens (tertiary/aromatic N) is 1. The summed E-state index contributed by atoms with van der Waals surface area (Å²) < 4.78 is 0. The zero-order valence-corrected chi connectivity index (χ0v) is 14.0. The summed E-state index contributed by atoms with van der Waals surface area (Å²) >= 11 is 13.2. The van der Waals surface area contributed by atoms with Crippen LogP contribution in [0.25, 0.3) is 11.3 Å². The Hall–Kier alpha value is -2.08. The molecule has 0 saturated heterocycles. The number of halogens is 2. The first-order chi connectivity index (χ1) is 11.0. The van der Waals surface area contributed by atoms with E-state index in [1.807, 2.05) is 17.5 Å². The summed E-state index contributed by atoms with van der Waals surface area (Å²) in [4.78, 5) is 16.4. The van der Waals surface area contributed by atoms with E-state index in [2.05, 4.69) is 10.3 Å². The van der Waals surface area contributed by atoms with E-state index < -0.39 is 0 Å². The van der Waals surface area contributed by atoms with Gasteiger partial charge in [-0.2, -0.15) is 0 Å². The lowest BCUT2D eigenvalue weighted by Crippen LogP contribution is -2.11. The van der Waals surface area contributed by atoms with Gasteiger partial charge in [0.05, 0.1) is 15.7 Å². The van der Waals surface area contributed by atoms with Gasteiger partial charge < -0.3 is 11.1 Å². The van der Waals surface area contributed by atoms with Crippen LogP contribution in [-0.2, 0) is 0 Å². The molecule has 3 rings (SSSR count). The Balaban J connectivity index is 1.75. The first kappa shape index (κ1) is 15.8. The van der Waals surface area contributed by atoms with Crippen LogP contribution in [0, 0.1) is 0 Å². The smallest absolute Gasteiger partial charge is 0.255 e. The number of hydrogen-bond donors (Lipinski definition) is 2. The molecule has 4 nitrogen and oxygen atoms in total. The summed E-state index contributed by atoms with van der Waals surface area (Å²) in [5.74, 6) is -0.255. The van der Waals surface area contributed by atoms with Crippen LogP contribution in [0.4, 0.5) is 10.8 Å². The molecule has 116 valence electrons. The molecule has 1 amide bonds. The fraction of sp³-hybridized carbons (Fsp3) is 0. The highest BCUT2D eigenvalue weighted by molar-refractivity contribution is 7.13. The van der Waals surface area contributed by atoms with Crippen molar-refractivity contribution in [3.8, 4) is 11.3 Å². The van der Waals surface area contributed by atoms with Gasteiger partial charge in [-0.05, 0) is 30.3 Å². The minimum absolute atomic E-state index is 0.255. The zero-order chi connectivity index (χ0) is 16.4. The van der Waals surface area contributed by atoms with Gasteiger partial charge in [0, 0.05) is 22.2 Å². The van der Waals surface area contributed by atoms with Crippen molar-refractivity contribution in [2.24, 2.45) is 0 Å². The van der Waals surface area contributed by atoms with Crippen LogP contribution < -0.4 is 11.1 Å². The number of nitrogens with two attached hydrogens (primary N) is 1. The van der Waals surface area contributed by atoms with Crippen LogP contribution in [-0.4, -0.2) is 10.9 Å². The summed E-state index contributed by atoms with van der Waals surface area (Å²) in [5.41, 5.74) is 8.49. The number of nitrogens with one attached hydrogen (secondary N) is 1. The van der Waals surface area contributed by atoms with Crippen molar-refractivity contribution in [3.05, 3.63) is 63.5 Å². The van der Waals surface area contributed by atoms with Crippen LogP contribution in [0.2, 0.25) is 10.0 Å². The standard InChI is InChI=1S/C16H11Cl2N3OS/c17-12-6-3-10(7-13(12)18)15(22)20-11-4-1-9(2-5-11)14-8-23-16(19)21-14/h1-8H,(H2,19,21)(H,20,22). The number of anilines is 2. The van der Waals surface area contributed by atoms with E-state index in [1.165, 1.54) is 17.4 Å². The van der Waals surface area contributed by atoms with Crippen molar-refractivity contribution in [1.29, 1.82) is 0 Å². The molecule has 0 spiro atoms. The molecule has 0 aliphatic carbocycles. The highest BCUT2D eigenvalue weighted by atomic mass is 35.5. The Morgan fingerprint density at radius 2 is 1.83 bits per heavy atom. The topological polar surface area (TPSA) is 68.0 Å². The zero-order valence-electron chi connectivity index (χ0n) is 11.7. The van der Waals surface area contributed by atoms with E-state index in [4.69, 9.17) is 28.9 Å².